The van der Waals surface area contributed by atoms with Crippen molar-refractivity contribution in [3.05, 3.63) is 65.1 Å². The molecule has 1 aromatic carbocycles. The highest BCUT2D eigenvalue weighted by atomic mass is 19.3. The van der Waals surface area contributed by atoms with Crippen LogP contribution in [0, 0.1) is 0 Å². The summed E-state index contributed by atoms with van der Waals surface area (Å²) in [5, 5.41) is 9.53. The highest BCUT2D eigenvalue weighted by Crippen LogP contribution is 2.39. The number of carbonyl (C=O) groups is 1. The van der Waals surface area contributed by atoms with Gasteiger partial charge in [0.1, 0.15) is 12.4 Å². The lowest BCUT2D eigenvalue weighted by Gasteiger charge is -2.23. The standard InChI is InChI=1S/C20H18F2N4O3/c1-28-17-6-11(13-7-18(27)25-20-15(13)9-24-26-20)2-3-16(17)29-10-12-4-5-23-8-14(12)19(21)22/h2-6,8-9,13,19H,7,10H2,1H3,(H2,24,25,26,27). The van der Waals surface area contributed by atoms with E-state index in [9.17, 15) is 13.6 Å². The first-order valence-electron chi connectivity index (χ1n) is 8.91. The van der Waals surface area contributed by atoms with Crippen LogP contribution in [-0.2, 0) is 11.4 Å². The molecule has 0 saturated heterocycles. The summed E-state index contributed by atoms with van der Waals surface area (Å²) in [6.07, 6.45) is 1.92. The van der Waals surface area contributed by atoms with Crippen LogP contribution in [0.15, 0.2) is 42.9 Å². The lowest BCUT2D eigenvalue weighted by molar-refractivity contribution is -0.116. The van der Waals surface area contributed by atoms with Gasteiger partial charge in [0.2, 0.25) is 5.91 Å². The molecular formula is C20H18F2N4O3. The number of rotatable bonds is 6. The number of pyridine rings is 1. The number of aromatic nitrogens is 3. The van der Waals surface area contributed by atoms with Crippen molar-refractivity contribution in [3.63, 3.8) is 0 Å². The second-order valence-corrected chi connectivity index (χ2v) is 6.58. The molecule has 0 radical (unpaired) electrons. The average molecular weight is 400 g/mol. The number of halogens is 2. The molecule has 1 aliphatic rings. The molecule has 2 N–H and O–H groups in total. The molecule has 2 aromatic heterocycles. The second kappa shape index (κ2) is 7.86. The van der Waals surface area contributed by atoms with Crippen molar-refractivity contribution in [2.75, 3.05) is 12.4 Å². The van der Waals surface area contributed by atoms with Crippen molar-refractivity contribution in [2.24, 2.45) is 0 Å². The molecular weight excluding hydrogens is 382 g/mol. The summed E-state index contributed by atoms with van der Waals surface area (Å²) in [6, 6.07) is 6.83. The summed E-state index contributed by atoms with van der Waals surface area (Å²) in [4.78, 5) is 15.7. The van der Waals surface area contributed by atoms with Crippen molar-refractivity contribution < 1.29 is 23.0 Å². The normalized spacial score (nSPS) is 15.7. The fourth-order valence-electron chi connectivity index (χ4n) is 3.38. The summed E-state index contributed by atoms with van der Waals surface area (Å²) >= 11 is 0. The Bertz CT molecular complexity index is 1040. The number of aromatic amines is 1. The number of nitrogens with zero attached hydrogens (tertiary/aromatic N) is 2. The van der Waals surface area contributed by atoms with Gasteiger partial charge in [-0.3, -0.25) is 14.9 Å². The highest BCUT2D eigenvalue weighted by Gasteiger charge is 2.28. The van der Waals surface area contributed by atoms with Crippen LogP contribution in [0.3, 0.4) is 0 Å². The molecule has 29 heavy (non-hydrogen) atoms. The lowest BCUT2D eigenvalue weighted by atomic mass is 9.87. The molecule has 1 aliphatic heterocycles. The number of amides is 1. The zero-order valence-corrected chi connectivity index (χ0v) is 15.5. The molecule has 1 atom stereocenters. The minimum atomic E-state index is -2.63. The quantitative estimate of drug-likeness (QED) is 0.657. The number of hydrogen-bond donors (Lipinski definition) is 2. The van der Waals surface area contributed by atoms with Crippen LogP contribution in [-0.4, -0.2) is 28.2 Å². The molecule has 1 unspecified atom stereocenters. The van der Waals surface area contributed by atoms with Gasteiger partial charge in [-0.05, 0) is 23.8 Å². The smallest absolute Gasteiger partial charge is 0.265 e. The molecule has 9 heteroatoms. The van der Waals surface area contributed by atoms with Gasteiger partial charge in [-0.15, -0.1) is 0 Å². The third-order valence-corrected chi connectivity index (χ3v) is 4.85. The van der Waals surface area contributed by atoms with Gasteiger partial charge in [0.15, 0.2) is 11.5 Å². The number of anilines is 1. The molecule has 0 saturated carbocycles. The first-order valence-corrected chi connectivity index (χ1v) is 8.91. The third kappa shape index (κ3) is 3.75. The molecule has 7 nitrogen and oxygen atoms in total. The lowest BCUT2D eigenvalue weighted by Crippen LogP contribution is -2.23. The maximum atomic E-state index is 13.1. The maximum absolute atomic E-state index is 13.1. The van der Waals surface area contributed by atoms with Gasteiger partial charge in [0, 0.05) is 41.4 Å². The molecule has 0 aliphatic carbocycles. The fraction of sp³-hybridized carbons (Fsp3) is 0.250. The Morgan fingerprint density at radius 1 is 1.24 bits per heavy atom. The molecule has 0 bridgehead atoms. The maximum Gasteiger partial charge on any atom is 0.265 e. The molecule has 1 amide bonds. The number of hydrogen-bond acceptors (Lipinski definition) is 5. The fourth-order valence-corrected chi connectivity index (χ4v) is 3.38. The van der Waals surface area contributed by atoms with Gasteiger partial charge in [0.25, 0.3) is 6.43 Å². The van der Waals surface area contributed by atoms with Gasteiger partial charge in [0.05, 0.1) is 13.3 Å². The summed E-state index contributed by atoms with van der Waals surface area (Å²) in [5.41, 5.74) is 1.94. The number of ether oxygens (including phenoxy) is 2. The number of fused-ring (bicyclic) bond motifs is 1. The first-order chi connectivity index (χ1) is 14.1. The number of methoxy groups -OCH3 is 1. The van der Waals surface area contributed by atoms with Crippen molar-refractivity contribution >= 4 is 11.7 Å². The summed E-state index contributed by atoms with van der Waals surface area (Å²) in [6.45, 7) is -0.0460. The predicted molar refractivity (Wildman–Crippen MR) is 100 cm³/mol. The summed E-state index contributed by atoms with van der Waals surface area (Å²) in [5.74, 6) is 1.17. The van der Waals surface area contributed by atoms with E-state index >= 15 is 0 Å². The van der Waals surface area contributed by atoms with E-state index < -0.39 is 6.43 Å². The van der Waals surface area contributed by atoms with Crippen LogP contribution in [0.4, 0.5) is 14.6 Å². The Hall–Kier alpha value is -3.49. The predicted octanol–water partition coefficient (Wildman–Crippen LogP) is 3.80. The minimum Gasteiger partial charge on any atom is -0.493 e. The van der Waals surface area contributed by atoms with E-state index in [2.05, 4.69) is 20.5 Å². The topological polar surface area (TPSA) is 89.1 Å². The van der Waals surface area contributed by atoms with Crippen LogP contribution >= 0.6 is 0 Å². The molecule has 0 spiro atoms. The average Bonchev–Trinajstić information content (AvgIpc) is 3.20. The first kappa shape index (κ1) is 18.9. The Morgan fingerprint density at radius 2 is 2.10 bits per heavy atom. The second-order valence-electron chi connectivity index (χ2n) is 6.58. The monoisotopic (exact) mass is 400 g/mol. The molecule has 3 heterocycles. The zero-order chi connectivity index (χ0) is 20.4. The van der Waals surface area contributed by atoms with Crippen molar-refractivity contribution in [1.82, 2.24) is 15.2 Å². The number of H-pyrrole nitrogens is 1. The van der Waals surface area contributed by atoms with Gasteiger partial charge >= 0.3 is 0 Å². The van der Waals surface area contributed by atoms with E-state index in [4.69, 9.17) is 9.47 Å². The summed E-state index contributed by atoms with van der Waals surface area (Å²) < 4.78 is 37.4. The molecule has 0 fully saturated rings. The van der Waals surface area contributed by atoms with E-state index in [1.165, 1.54) is 19.4 Å². The van der Waals surface area contributed by atoms with Gasteiger partial charge in [-0.2, -0.15) is 5.10 Å². The van der Waals surface area contributed by atoms with Gasteiger partial charge in [-0.25, -0.2) is 8.78 Å². The molecule has 4 rings (SSSR count). The number of nitrogens with one attached hydrogen (secondary N) is 2. The van der Waals surface area contributed by atoms with E-state index in [1.54, 1.807) is 18.3 Å². The highest BCUT2D eigenvalue weighted by molar-refractivity contribution is 5.94. The van der Waals surface area contributed by atoms with Gasteiger partial charge < -0.3 is 14.8 Å². The Balaban J connectivity index is 1.58. The van der Waals surface area contributed by atoms with E-state index in [0.29, 0.717) is 22.9 Å². The molecule has 150 valence electrons. The number of carbonyl (C=O) groups excluding carboxylic acids is 1. The zero-order valence-electron chi connectivity index (χ0n) is 15.5. The largest absolute Gasteiger partial charge is 0.493 e. The van der Waals surface area contributed by atoms with Crippen molar-refractivity contribution in [2.45, 2.75) is 25.4 Å². The Kier molecular flexibility index (Phi) is 5.11. The van der Waals surface area contributed by atoms with Crippen LogP contribution in [0.2, 0.25) is 0 Å². The number of benzene rings is 1. The van der Waals surface area contributed by atoms with E-state index in [0.717, 1.165) is 17.3 Å². The minimum absolute atomic E-state index is 0.0460. The van der Waals surface area contributed by atoms with Crippen LogP contribution in [0.25, 0.3) is 0 Å². The Labute approximate surface area is 165 Å². The van der Waals surface area contributed by atoms with E-state index in [1.807, 2.05) is 6.07 Å². The van der Waals surface area contributed by atoms with Crippen LogP contribution in [0.5, 0.6) is 11.5 Å². The van der Waals surface area contributed by atoms with Crippen molar-refractivity contribution in [1.29, 1.82) is 0 Å². The number of alkyl halides is 2. The SMILES string of the molecule is COc1cc(C2CC(=O)Nc3[nH]ncc32)ccc1OCc1ccncc1C(F)F. The summed E-state index contributed by atoms with van der Waals surface area (Å²) in [7, 11) is 1.50. The van der Waals surface area contributed by atoms with Crippen LogP contribution in [0.1, 0.15) is 41.0 Å². The van der Waals surface area contributed by atoms with Crippen molar-refractivity contribution in [3.8, 4) is 11.5 Å². The van der Waals surface area contributed by atoms with Crippen LogP contribution < -0.4 is 14.8 Å². The Morgan fingerprint density at radius 3 is 2.90 bits per heavy atom. The van der Waals surface area contributed by atoms with E-state index in [-0.39, 0.29) is 30.4 Å². The third-order valence-electron chi connectivity index (χ3n) is 4.85. The van der Waals surface area contributed by atoms with Gasteiger partial charge in [-0.1, -0.05) is 6.07 Å². The molecule has 3 aromatic rings.